The van der Waals surface area contributed by atoms with Crippen LogP contribution in [0.2, 0.25) is 0 Å². The van der Waals surface area contributed by atoms with E-state index < -0.39 is 0 Å². The van der Waals surface area contributed by atoms with Crippen molar-refractivity contribution in [3.63, 3.8) is 0 Å². The number of ether oxygens (including phenoxy) is 2. The van der Waals surface area contributed by atoms with Crippen molar-refractivity contribution in [2.45, 2.75) is 241 Å². The lowest BCUT2D eigenvalue weighted by molar-refractivity contribution is 0.0935. The Labute approximate surface area is 840 Å². The molecule has 748 valence electrons. The lowest BCUT2D eigenvalue weighted by Gasteiger charge is -2.33. The quantitative estimate of drug-likeness (QED) is 0.0220. The van der Waals surface area contributed by atoms with Crippen LogP contribution in [0, 0.1) is 5.41 Å². The molecule has 22 nitrogen and oxygen atoms in total. The van der Waals surface area contributed by atoms with Crippen LogP contribution >= 0.6 is 0 Å². The predicted molar refractivity (Wildman–Crippen MR) is 572 cm³/mol. The summed E-state index contributed by atoms with van der Waals surface area (Å²) in [5, 5.41) is 16.3. The molecule has 8 heterocycles. The zero-order valence-corrected chi connectivity index (χ0v) is 85.8. The number of benzene rings is 8. The number of Topliss-reactive ketones (excluding diaryl/α,β-unsaturated/α-hetero) is 4. The fraction of sp³-hybridized carbons (Fsp3) is 0.433. The van der Waals surface area contributed by atoms with Crippen LogP contribution in [0.25, 0.3) is 43.6 Å². The molecule has 0 unspecified atom stereocenters. The van der Waals surface area contributed by atoms with E-state index in [0.717, 1.165) is 260 Å². The second-order valence-corrected chi connectivity index (χ2v) is 39.7. The Morgan fingerprint density at radius 3 is 0.873 bits per heavy atom. The summed E-state index contributed by atoms with van der Waals surface area (Å²) < 4.78 is 11.7. The van der Waals surface area contributed by atoms with Crippen LogP contribution in [0.4, 0.5) is 19.2 Å². The monoisotopic (exact) mass is 1920 g/mol. The summed E-state index contributed by atoms with van der Waals surface area (Å²) in [6.07, 6.45) is 26.6. The van der Waals surface area contributed by atoms with Crippen molar-refractivity contribution in [3.8, 4) is 11.5 Å². The number of carbonyl (C=O) groups is 8. The lowest BCUT2D eigenvalue weighted by atomic mass is 9.84. The van der Waals surface area contributed by atoms with Gasteiger partial charge in [-0.15, -0.1) is 0 Å². The highest BCUT2D eigenvalue weighted by Crippen LogP contribution is 2.43. The summed E-state index contributed by atoms with van der Waals surface area (Å²) in [6.45, 7) is 29.1. The Hall–Kier alpha value is -13.2. The number of piperidine rings is 4. The first-order valence-corrected chi connectivity index (χ1v) is 52.1. The largest absolute Gasteiger partial charge is 0.496 e. The number of nitrogens with zero attached hydrogens (tertiary/aromatic N) is 8. The molecule has 4 aliphatic heterocycles. The molecule has 0 atom stereocenters. The molecule has 0 aliphatic carbocycles. The molecule has 0 spiro atoms. The Bertz CT molecular complexity index is 6260. The van der Waals surface area contributed by atoms with Crippen molar-refractivity contribution in [2.24, 2.45) is 5.41 Å². The van der Waals surface area contributed by atoms with E-state index >= 15 is 0 Å². The van der Waals surface area contributed by atoms with Crippen LogP contribution in [-0.4, -0.2) is 180 Å². The molecule has 0 bridgehead atoms. The van der Waals surface area contributed by atoms with Gasteiger partial charge in [-0.3, -0.25) is 39.1 Å². The SMILES string of the molecule is CCCCNC(=O)N1CCC(c2cc3c(Cc4ccccc4)c(C(=O)CC(C)(C)C)cnc3cc2OC)CC1.CCCCNC(=O)N1CCC(c2cc3c(Cc4ccccc4)c(C(=O)CC)cnc3cc2OC)CC1.CCCCNC(=O)N1CCC(c2ccc3ncc(C(=O)CC)c(Cc4ccccc4)c3c2)CC1.CCCCNC(=O)N1CCC(c2ccc3ncc(C(C)=O)c(Cc4ccccc4)c3c2)CC1. The number of urea groups is 4. The number of amides is 8. The van der Waals surface area contributed by atoms with E-state index in [1.807, 2.05) is 118 Å². The highest BCUT2D eigenvalue weighted by Gasteiger charge is 2.33. The maximum atomic E-state index is 13.5. The predicted octanol–water partition coefficient (Wildman–Crippen LogP) is 25.1. The van der Waals surface area contributed by atoms with Crippen LogP contribution in [0.1, 0.15) is 323 Å². The number of pyridine rings is 4. The number of carbonyl (C=O) groups excluding carboxylic acids is 8. The van der Waals surface area contributed by atoms with Crippen LogP contribution in [-0.2, 0) is 25.7 Å². The Balaban J connectivity index is 0.000000159. The average molecular weight is 1920 g/mol. The van der Waals surface area contributed by atoms with Gasteiger partial charge in [0.2, 0.25) is 0 Å². The molecule has 8 aromatic carbocycles. The molecule has 4 aliphatic rings. The highest BCUT2D eigenvalue weighted by molar-refractivity contribution is 6.05. The Morgan fingerprint density at radius 1 is 0.331 bits per heavy atom. The topological polar surface area (TPSA) is 268 Å². The van der Waals surface area contributed by atoms with Gasteiger partial charge in [-0.25, -0.2) is 19.2 Å². The van der Waals surface area contributed by atoms with Gasteiger partial charge in [0.25, 0.3) is 0 Å². The molecule has 12 aromatic rings. The highest BCUT2D eigenvalue weighted by atomic mass is 16.5. The fourth-order valence-electron chi connectivity index (χ4n) is 20.1. The van der Waals surface area contributed by atoms with E-state index in [0.29, 0.717) is 99.7 Å². The van der Waals surface area contributed by atoms with E-state index in [-0.39, 0.29) is 64.5 Å². The van der Waals surface area contributed by atoms with Gasteiger partial charge in [-0.1, -0.05) is 221 Å². The molecule has 4 fully saturated rings. The number of aromatic nitrogens is 4. The van der Waals surface area contributed by atoms with Gasteiger partial charge in [-0.05, 0) is 242 Å². The summed E-state index contributed by atoms with van der Waals surface area (Å²) in [6, 6.07) is 62.7. The summed E-state index contributed by atoms with van der Waals surface area (Å²) in [4.78, 5) is 128. The number of methoxy groups -OCH3 is 2. The third-order valence-electron chi connectivity index (χ3n) is 28.4. The van der Waals surface area contributed by atoms with E-state index in [4.69, 9.17) is 14.5 Å². The maximum absolute atomic E-state index is 13.5. The number of hydrogen-bond donors (Lipinski definition) is 4. The lowest BCUT2D eigenvalue weighted by Crippen LogP contribution is -2.44. The molecule has 4 aromatic heterocycles. The van der Waals surface area contributed by atoms with Crippen molar-refractivity contribution in [1.29, 1.82) is 0 Å². The van der Waals surface area contributed by atoms with E-state index in [2.05, 4.69) is 182 Å². The van der Waals surface area contributed by atoms with Crippen molar-refractivity contribution < 1.29 is 47.8 Å². The van der Waals surface area contributed by atoms with Gasteiger partial charge in [-0.2, -0.15) is 0 Å². The van der Waals surface area contributed by atoms with Gasteiger partial charge >= 0.3 is 24.1 Å². The van der Waals surface area contributed by atoms with Gasteiger partial charge in [0.05, 0.1) is 36.3 Å². The first-order chi connectivity index (χ1) is 68.9. The zero-order chi connectivity index (χ0) is 101. The number of rotatable bonds is 33. The normalized spacial score (nSPS) is 14.3. The van der Waals surface area contributed by atoms with Crippen molar-refractivity contribution in [2.75, 3.05) is 92.8 Å². The number of hydrogen-bond acceptors (Lipinski definition) is 14. The summed E-state index contributed by atoms with van der Waals surface area (Å²) in [7, 11) is 3.40. The molecule has 16 rings (SSSR count). The first-order valence-electron chi connectivity index (χ1n) is 52.1. The number of nitrogens with one attached hydrogen (secondary N) is 4. The second-order valence-electron chi connectivity index (χ2n) is 39.7. The molecule has 0 radical (unpaired) electrons. The van der Waals surface area contributed by atoms with Crippen molar-refractivity contribution >= 4 is 90.9 Å². The molecule has 22 heteroatoms. The molecular weight excluding hydrogens is 1770 g/mol. The molecule has 4 saturated heterocycles. The zero-order valence-electron chi connectivity index (χ0n) is 85.8. The molecule has 8 amide bonds. The van der Waals surface area contributed by atoms with Crippen LogP contribution in [0.3, 0.4) is 0 Å². The minimum Gasteiger partial charge on any atom is -0.496 e. The number of ketones is 4. The van der Waals surface area contributed by atoms with Crippen molar-refractivity contribution in [1.82, 2.24) is 60.8 Å². The Morgan fingerprint density at radius 2 is 0.599 bits per heavy atom. The molecule has 4 N–H and O–H groups in total. The van der Waals surface area contributed by atoms with E-state index in [1.54, 1.807) is 45.9 Å². The smallest absolute Gasteiger partial charge is 0.317 e. The minimum atomic E-state index is -0.113. The first kappa shape index (κ1) is 106. The van der Waals surface area contributed by atoms with E-state index in [1.165, 1.54) is 22.3 Å². The van der Waals surface area contributed by atoms with E-state index in [9.17, 15) is 38.4 Å². The second kappa shape index (κ2) is 52.5. The summed E-state index contributed by atoms with van der Waals surface area (Å²) >= 11 is 0. The fourth-order valence-corrected chi connectivity index (χ4v) is 20.1. The van der Waals surface area contributed by atoms with Gasteiger partial charge in [0, 0.05) is 179 Å². The average Bonchev–Trinajstić information content (AvgIpc) is 0.773. The standard InChI is InChI=1S/C33H43N3O3.C30H37N3O3.C29H35N3O2.C28H33N3O2/c1-6-7-15-34-32(38)36-16-13-24(14-17-36)25-19-27-26(18-23-11-9-8-10-12-23)28(30(37)21-33(2,3)4)22-35-29(27)20-31(25)39-5;1-4-6-14-31-30(35)33-15-12-22(13-16-33)23-18-25-24(17-21-10-8-7-9-11-21)26(28(34)5-2)20-32-27(25)19-29(23)36-3;1-3-5-15-30-29(34)32-16-13-22(14-17-32)23-11-12-27-25(19-23)24(18-21-9-7-6-8-10-21)26(20-31-27)28(33)4-2;1-3-4-14-29-28(33)31-15-12-22(13-16-31)23-10-11-27-25(18-23)24(26(19-30-27)20(2)32)17-21-8-6-5-7-9-21/h8-12,19-20,22,24H,6-7,13-18,21H2,1-5H3,(H,34,38);7-11,18-20,22H,4-6,12-17H2,1-3H3,(H,31,35);6-12,19-20,22H,3-5,13-18H2,1-2H3,(H,30,34);5-11,18-19,22H,3-4,12-17H2,1-2H3,(H,29,33). The van der Waals surface area contributed by atoms with Crippen LogP contribution in [0.15, 0.2) is 207 Å². The van der Waals surface area contributed by atoms with Gasteiger partial charge in [0.1, 0.15) is 11.5 Å². The third kappa shape index (κ3) is 28.4. The van der Waals surface area contributed by atoms with Gasteiger partial charge < -0.3 is 50.3 Å². The maximum Gasteiger partial charge on any atom is 0.317 e. The van der Waals surface area contributed by atoms with Gasteiger partial charge in [0.15, 0.2) is 23.1 Å². The molecule has 0 saturated carbocycles. The van der Waals surface area contributed by atoms with Crippen LogP contribution < -0.4 is 30.7 Å². The molecular formula is C120H148N12O10. The minimum absolute atomic E-state index is 0.0312. The Kier molecular flexibility index (Phi) is 39.2. The third-order valence-corrected chi connectivity index (χ3v) is 28.4. The number of likely N-dealkylation sites (tertiary alicyclic amines) is 4. The summed E-state index contributed by atoms with van der Waals surface area (Å²) in [5.41, 5.74) is 19.9. The number of fused-ring (bicyclic) bond motifs is 4. The van der Waals surface area contributed by atoms with Crippen LogP contribution in [0.5, 0.6) is 11.5 Å². The van der Waals surface area contributed by atoms with Crippen molar-refractivity contribution in [3.05, 3.63) is 296 Å². The number of unbranched alkanes of at least 4 members (excludes halogenated alkanes) is 4. The summed E-state index contributed by atoms with van der Waals surface area (Å²) in [5.74, 6) is 3.40. The molecule has 142 heavy (non-hydrogen) atoms.